The summed E-state index contributed by atoms with van der Waals surface area (Å²) in [6.45, 7) is 5.63. The Morgan fingerprint density at radius 2 is 1.87 bits per heavy atom. The standard InChI is InChI=1S/C21H26ClFN2O3S2/c1-14-10-15(2)12-17(11-14)25(30(4,27)28)16(3)21(26)24-8-9-29-13-18-19(22)6-5-7-20(18)23/h5-7,10-12,16H,8-9,13H2,1-4H3,(H,24,26)/t16-/m1/s1. The summed E-state index contributed by atoms with van der Waals surface area (Å²) in [5.41, 5.74) is 2.71. The van der Waals surface area contributed by atoms with Gasteiger partial charge in [0.25, 0.3) is 0 Å². The number of nitrogens with one attached hydrogen (secondary N) is 1. The minimum atomic E-state index is -3.67. The molecule has 0 radical (unpaired) electrons. The largest absolute Gasteiger partial charge is 0.353 e. The van der Waals surface area contributed by atoms with Gasteiger partial charge in [0.2, 0.25) is 15.9 Å². The smallest absolute Gasteiger partial charge is 0.243 e. The summed E-state index contributed by atoms with van der Waals surface area (Å²) in [6, 6.07) is 9.06. The molecule has 5 nitrogen and oxygen atoms in total. The van der Waals surface area contributed by atoms with Gasteiger partial charge in [-0.1, -0.05) is 23.7 Å². The monoisotopic (exact) mass is 472 g/mol. The van der Waals surface area contributed by atoms with E-state index in [2.05, 4.69) is 5.32 Å². The minimum absolute atomic E-state index is 0.324. The van der Waals surface area contributed by atoms with Crippen LogP contribution in [0.3, 0.4) is 0 Å². The predicted octanol–water partition coefficient (Wildman–Crippen LogP) is 4.30. The van der Waals surface area contributed by atoms with Gasteiger partial charge in [-0.2, -0.15) is 11.8 Å². The molecule has 1 amide bonds. The molecule has 0 aliphatic carbocycles. The average Bonchev–Trinajstić information content (AvgIpc) is 2.61. The highest BCUT2D eigenvalue weighted by molar-refractivity contribution is 7.98. The molecule has 0 saturated heterocycles. The summed E-state index contributed by atoms with van der Waals surface area (Å²) in [6.07, 6.45) is 1.09. The third-order valence-electron chi connectivity index (χ3n) is 4.40. The second-order valence-corrected chi connectivity index (χ2v) is 10.5. The summed E-state index contributed by atoms with van der Waals surface area (Å²) in [4.78, 5) is 12.6. The second kappa shape index (κ2) is 10.5. The van der Waals surface area contributed by atoms with Gasteiger partial charge in [-0.25, -0.2) is 12.8 Å². The predicted molar refractivity (Wildman–Crippen MR) is 123 cm³/mol. The Balaban J connectivity index is 1.97. The zero-order chi connectivity index (χ0) is 22.5. The molecule has 0 fully saturated rings. The van der Waals surface area contributed by atoms with Gasteiger partial charge in [-0.3, -0.25) is 9.10 Å². The fourth-order valence-electron chi connectivity index (χ4n) is 3.13. The molecule has 0 saturated carbocycles. The van der Waals surface area contributed by atoms with Crippen molar-refractivity contribution in [1.29, 1.82) is 0 Å². The summed E-state index contributed by atoms with van der Waals surface area (Å²) in [5.74, 6) is 0.162. The number of benzene rings is 2. The van der Waals surface area contributed by atoms with E-state index in [1.807, 2.05) is 19.9 Å². The number of aryl methyl sites for hydroxylation is 2. The maximum absolute atomic E-state index is 13.8. The molecule has 30 heavy (non-hydrogen) atoms. The van der Waals surface area contributed by atoms with Crippen LogP contribution in [0.4, 0.5) is 10.1 Å². The van der Waals surface area contributed by atoms with Gasteiger partial charge in [-0.05, 0) is 56.2 Å². The highest BCUT2D eigenvalue weighted by Gasteiger charge is 2.29. The van der Waals surface area contributed by atoms with Crippen LogP contribution in [0.25, 0.3) is 0 Å². The number of hydrogen-bond acceptors (Lipinski definition) is 4. The highest BCUT2D eigenvalue weighted by Crippen LogP contribution is 2.25. The second-order valence-electron chi connectivity index (χ2n) is 7.12. The van der Waals surface area contributed by atoms with Crippen LogP contribution in [0.15, 0.2) is 36.4 Å². The molecular formula is C21H26ClFN2O3S2. The first-order valence-corrected chi connectivity index (χ1v) is 12.7. The van der Waals surface area contributed by atoms with E-state index in [1.54, 1.807) is 31.2 Å². The molecule has 9 heteroatoms. The van der Waals surface area contributed by atoms with Crippen LogP contribution in [0, 0.1) is 19.7 Å². The molecule has 0 spiro atoms. The molecule has 0 bridgehead atoms. The molecule has 2 rings (SSSR count). The molecule has 0 unspecified atom stereocenters. The van der Waals surface area contributed by atoms with E-state index in [0.717, 1.165) is 21.7 Å². The van der Waals surface area contributed by atoms with Gasteiger partial charge < -0.3 is 5.32 Å². The number of halogens is 2. The van der Waals surface area contributed by atoms with E-state index >= 15 is 0 Å². The van der Waals surface area contributed by atoms with Crippen LogP contribution in [0.5, 0.6) is 0 Å². The van der Waals surface area contributed by atoms with Gasteiger partial charge >= 0.3 is 0 Å². The van der Waals surface area contributed by atoms with Crippen molar-refractivity contribution in [2.24, 2.45) is 0 Å². The van der Waals surface area contributed by atoms with Crippen molar-refractivity contribution < 1.29 is 17.6 Å². The van der Waals surface area contributed by atoms with Crippen LogP contribution in [-0.4, -0.2) is 38.9 Å². The molecule has 0 aliphatic heterocycles. The van der Waals surface area contributed by atoms with Gasteiger partial charge in [-0.15, -0.1) is 0 Å². The van der Waals surface area contributed by atoms with E-state index in [-0.39, 0.29) is 5.82 Å². The molecular weight excluding hydrogens is 447 g/mol. The van der Waals surface area contributed by atoms with Crippen LogP contribution in [-0.2, 0) is 20.6 Å². The topological polar surface area (TPSA) is 66.5 Å². The first kappa shape index (κ1) is 24.5. The molecule has 164 valence electrons. The van der Waals surface area contributed by atoms with E-state index in [9.17, 15) is 17.6 Å². The number of nitrogens with zero attached hydrogens (tertiary/aromatic N) is 1. The highest BCUT2D eigenvalue weighted by atomic mass is 35.5. The van der Waals surface area contributed by atoms with Crippen LogP contribution in [0.1, 0.15) is 23.6 Å². The van der Waals surface area contributed by atoms with Crippen LogP contribution >= 0.6 is 23.4 Å². The van der Waals surface area contributed by atoms with Crippen molar-refractivity contribution >= 4 is 45.0 Å². The number of sulfonamides is 1. The maximum Gasteiger partial charge on any atom is 0.243 e. The number of rotatable bonds is 9. The molecule has 0 heterocycles. The summed E-state index contributed by atoms with van der Waals surface area (Å²) in [7, 11) is -3.67. The minimum Gasteiger partial charge on any atom is -0.353 e. The summed E-state index contributed by atoms with van der Waals surface area (Å²) < 4.78 is 39.7. The fraction of sp³-hybridized carbons (Fsp3) is 0.381. The van der Waals surface area contributed by atoms with Crippen molar-refractivity contribution in [2.75, 3.05) is 22.9 Å². The molecule has 0 aromatic heterocycles. The average molecular weight is 473 g/mol. The molecule has 1 N–H and O–H groups in total. The number of amides is 1. The van der Waals surface area contributed by atoms with E-state index in [1.165, 1.54) is 17.8 Å². The van der Waals surface area contributed by atoms with Crippen molar-refractivity contribution in [3.8, 4) is 0 Å². The zero-order valence-corrected chi connectivity index (χ0v) is 19.8. The maximum atomic E-state index is 13.8. The lowest BCUT2D eigenvalue weighted by Crippen LogP contribution is -2.48. The Bertz CT molecular complexity index is 975. The Morgan fingerprint density at radius 1 is 1.23 bits per heavy atom. The van der Waals surface area contributed by atoms with Gasteiger partial charge in [0, 0.05) is 28.6 Å². The number of thioether (sulfide) groups is 1. The Hall–Kier alpha value is -1.77. The zero-order valence-electron chi connectivity index (χ0n) is 17.4. The summed E-state index contributed by atoms with van der Waals surface area (Å²) in [5, 5.41) is 3.13. The van der Waals surface area contributed by atoms with Crippen LogP contribution < -0.4 is 9.62 Å². The summed E-state index contributed by atoms with van der Waals surface area (Å²) >= 11 is 7.44. The molecule has 2 aromatic rings. The first-order valence-electron chi connectivity index (χ1n) is 9.36. The number of anilines is 1. The van der Waals surface area contributed by atoms with Crippen molar-refractivity contribution in [3.63, 3.8) is 0 Å². The van der Waals surface area contributed by atoms with Crippen molar-refractivity contribution in [2.45, 2.75) is 32.6 Å². The lowest BCUT2D eigenvalue weighted by molar-refractivity contribution is -0.121. The molecule has 0 aliphatic rings. The van der Waals surface area contributed by atoms with Crippen LogP contribution in [0.2, 0.25) is 5.02 Å². The SMILES string of the molecule is Cc1cc(C)cc(N([C@H](C)C(=O)NCCSCc2c(F)cccc2Cl)S(C)(=O)=O)c1. The molecule has 2 aromatic carbocycles. The van der Waals surface area contributed by atoms with Gasteiger partial charge in [0.15, 0.2) is 0 Å². The third-order valence-corrected chi connectivity index (χ3v) is 6.98. The van der Waals surface area contributed by atoms with Gasteiger partial charge in [0.05, 0.1) is 11.9 Å². The number of hydrogen-bond donors (Lipinski definition) is 1. The van der Waals surface area contributed by atoms with E-state index < -0.39 is 22.0 Å². The Labute approximate surface area is 187 Å². The normalized spacial score (nSPS) is 12.5. The van der Waals surface area contributed by atoms with E-state index in [0.29, 0.717) is 34.3 Å². The number of carbonyl (C=O) groups is 1. The quantitative estimate of drug-likeness (QED) is 0.552. The van der Waals surface area contributed by atoms with Crippen molar-refractivity contribution in [1.82, 2.24) is 5.32 Å². The Kier molecular flexibility index (Phi) is 8.58. The lowest BCUT2D eigenvalue weighted by atomic mass is 10.1. The first-order chi connectivity index (χ1) is 14.0. The Morgan fingerprint density at radius 3 is 2.43 bits per heavy atom. The lowest BCUT2D eigenvalue weighted by Gasteiger charge is -2.28. The van der Waals surface area contributed by atoms with Crippen molar-refractivity contribution in [3.05, 3.63) is 63.9 Å². The number of carbonyl (C=O) groups excluding carboxylic acids is 1. The van der Waals surface area contributed by atoms with Gasteiger partial charge in [0.1, 0.15) is 11.9 Å². The third kappa shape index (κ3) is 6.62. The van der Waals surface area contributed by atoms with E-state index in [4.69, 9.17) is 11.6 Å². The fourth-order valence-corrected chi connectivity index (χ4v) is 5.48. The molecule has 1 atom stereocenters.